The van der Waals surface area contributed by atoms with E-state index in [2.05, 4.69) is 34.1 Å². The molecule has 0 unspecified atom stereocenters. The molecule has 0 bridgehead atoms. The average Bonchev–Trinajstić information content (AvgIpc) is 2.47. The van der Waals surface area contributed by atoms with Crippen molar-refractivity contribution in [2.45, 2.75) is 13.3 Å². The summed E-state index contributed by atoms with van der Waals surface area (Å²) in [4.78, 5) is 0. The van der Waals surface area contributed by atoms with Gasteiger partial charge in [-0.3, -0.25) is 0 Å². The van der Waals surface area contributed by atoms with Crippen LogP contribution in [0.1, 0.15) is 13.3 Å². The number of hydrogen-bond acceptors (Lipinski definition) is 1. The Bertz CT molecular complexity index is 250. The average molecular weight is 291 g/mol. The molecule has 12 heavy (non-hydrogen) atoms. The first-order chi connectivity index (χ1) is 5.90. The Balaban J connectivity index is 2.11. The van der Waals surface area contributed by atoms with E-state index in [1.165, 1.54) is 13.0 Å². The summed E-state index contributed by atoms with van der Waals surface area (Å²) in [5.41, 5.74) is 0. The van der Waals surface area contributed by atoms with Crippen molar-refractivity contribution in [3.63, 3.8) is 0 Å². The third-order valence-corrected chi connectivity index (χ3v) is 7.88. The zero-order valence-corrected chi connectivity index (χ0v) is 10.4. The van der Waals surface area contributed by atoms with Crippen molar-refractivity contribution in [3.8, 4) is 0 Å². The van der Waals surface area contributed by atoms with Gasteiger partial charge in [0, 0.05) is 0 Å². The molecule has 1 aliphatic rings. The van der Waals surface area contributed by atoms with Crippen molar-refractivity contribution in [2.24, 2.45) is 0 Å². The van der Waals surface area contributed by atoms with E-state index in [4.69, 9.17) is 0 Å². The summed E-state index contributed by atoms with van der Waals surface area (Å²) in [6.07, 6.45) is 1.29. The molecule has 0 N–H and O–H groups in total. The third kappa shape index (κ3) is 1.76. The Kier molecular flexibility index (Phi) is 2.90. The predicted octanol–water partition coefficient (Wildman–Crippen LogP) is -0.0988. The first-order valence-corrected chi connectivity index (χ1v) is 7.37. The van der Waals surface area contributed by atoms with Crippen LogP contribution in [-0.2, 0) is 0 Å². The van der Waals surface area contributed by atoms with E-state index in [-0.39, 0.29) is 0 Å². The van der Waals surface area contributed by atoms with E-state index in [1.54, 1.807) is 8.92 Å². The summed E-state index contributed by atoms with van der Waals surface area (Å²) in [5.74, 6) is 0. The van der Waals surface area contributed by atoms with Crippen LogP contribution in [0.25, 0.3) is 0 Å². The molecule has 1 aromatic rings. The molecular weight excluding hydrogens is 280 g/mol. The molecular formula is C9H11NSe2. The van der Waals surface area contributed by atoms with Gasteiger partial charge in [-0.05, 0) is 0 Å². The third-order valence-electron chi connectivity index (χ3n) is 1.66. The number of fused-ring (bicyclic) bond motifs is 1. The van der Waals surface area contributed by atoms with Gasteiger partial charge in [0.05, 0.1) is 0 Å². The normalized spacial score (nSPS) is 16.4. The van der Waals surface area contributed by atoms with Gasteiger partial charge >= 0.3 is 86.4 Å². The molecule has 1 aromatic carbocycles. The van der Waals surface area contributed by atoms with Crippen molar-refractivity contribution >= 4 is 39.3 Å². The van der Waals surface area contributed by atoms with Gasteiger partial charge in [0.15, 0.2) is 0 Å². The molecule has 2 rings (SSSR count). The van der Waals surface area contributed by atoms with Gasteiger partial charge in [0.2, 0.25) is 0 Å². The maximum atomic E-state index is 2.63. The molecule has 0 atom stereocenters. The van der Waals surface area contributed by atoms with Crippen LogP contribution in [0, 0.1) is 0 Å². The Morgan fingerprint density at radius 1 is 1.17 bits per heavy atom. The molecule has 0 saturated carbocycles. The zero-order chi connectivity index (χ0) is 8.39. The van der Waals surface area contributed by atoms with Crippen molar-refractivity contribution in [3.05, 3.63) is 24.3 Å². The van der Waals surface area contributed by atoms with Crippen molar-refractivity contribution in [1.82, 2.24) is 2.93 Å². The van der Waals surface area contributed by atoms with E-state index in [9.17, 15) is 0 Å². The molecule has 3 heteroatoms. The minimum atomic E-state index is 0.632. The minimum absolute atomic E-state index is 0.632. The molecule has 0 aliphatic carbocycles. The quantitative estimate of drug-likeness (QED) is 0.688. The van der Waals surface area contributed by atoms with Crippen LogP contribution in [-0.4, -0.2) is 39.8 Å². The molecule has 0 saturated heterocycles. The maximum absolute atomic E-state index is 2.63. The summed E-state index contributed by atoms with van der Waals surface area (Å²) in [5, 5.41) is 0. The fourth-order valence-electron chi connectivity index (χ4n) is 1.11. The van der Waals surface area contributed by atoms with E-state index < -0.39 is 0 Å². The van der Waals surface area contributed by atoms with Crippen molar-refractivity contribution in [2.75, 3.05) is 6.54 Å². The summed E-state index contributed by atoms with van der Waals surface area (Å²) in [6.45, 7) is 3.55. The fourth-order valence-corrected chi connectivity index (χ4v) is 7.48. The number of nitrogens with zero attached hydrogens (tertiary/aromatic N) is 1. The van der Waals surface area contributed by atoms with E-state index in [1.807, 2.05) is 0 Å². The van der Waals surface area contributed by atoms with Crippen molar-refractivity contribution in [1.29, 1.82) is 0 Å². The van der Waals surface area contributed by atoms with E-state index in [0.717, 1.165) is 0 Å². The summed E-state index contributed by atoms with van der Waals surface area (Å²) in [7, 11) is 0. The molecule has 64 valence electrons. The summed E-state index contributed by atoms with van der Waals surface area (Å²) >= 11 is 1.26. The van der Waals surface area contributed by atoms with Gasteiger partial charge in [-0.1, -0.05) is 0 Å². The van der Waals surface area contributed by atoms with E-state index in [0.29, 0.717) is 30.3 Å². The van der Waals surface area contributed by atoms with Gasteiger partial charge in [-0.15, -0.1) is 0 Å². The standard InChI is InChI=1S/C9H11NSe2/c1-2-7-10-11-8-5-3-4-6-9(8)12-10/h3-6H,2,7H2,1H3. The molecule has 0 amide bonds. The second kappa shape index (κ2) is 3.95. The van der Waals surface area contributed by atoms with Crippen LogP contribution in [0.3, 0.4) is 0 Å². The van der Waals surface area contributed by atoms with Gasteiger partial charge in [-0.2, -0.15) is 0 Å². The Labute approximate surface area is 86.3 Å². The Morgan fingerprint density at radius 3 is 2.25 bits per heavy atom. The molecule has 1 aliphatic heterocycles. The van der Waals surface area contributed by atoms with Crippen molar-refractivity contribution < 1.29 is 0 Å². The van der Waals surface area contributed by atoms with Gasteiger partial charge in [0.25, 0.3) is 0 Å². The van der Waals surface area contributed by atoms with E-state index >= 15 is 0 Å². The SMILES string of the molecule is CCCN1[Se]c2ccccc2[Se]1. The molecule has 0 spiro atoms. The van der Waals surface area contributed by atoms with Crippen LogP contribution in [0.2, 0.25) is 0 Å². The Morgan fingerprint density at radius 2 is 1.75 bits per heavy atom. The zero-order valence-electron chi connectivity index (χ0n) is 6.99. The monoisotopic (exact) mass is 293 g/mol. The predicted molar refractivity (Wildman–Crippen MR) is 54.2 cm³/mol. The Hall–Kier alpha value is 0.219. The molecule has 1 nitrogen and oxygen atoms in total. The number of rotatable bonds is 2. The summed E-state index contributed by atoms with van der Waals surface area (Å²) in [6, 6.07) is 8.89. The van der Waals surface area contributed by atoms with Crippen LogP contribution in [0.5, 0.6) is 0 Å². The first-order valence-electron chi connectivity index (χ1n) is 4.12. The van der Waals surface area contributed by atoms with Gasteiger partial charge in [-0.25, -0.2) is 0 Å². The van der Waals surface area contributed by atoms with Gasteiger partial charge < -0.3 is 0 Å². The van der Waals surface area contributed by atoms with Crippen LogP contribution >= 0.6 is 0 Å². The fraction of sp³-hybridized carbons (Fsp3) is 0.333. The van der Waals surface area contributed by atoms with Crippen LogP contribution in [0.15, 0.2) is 24.3 Å². The summed E-state index contributed by atoms with van der Waals surface area (Å²) < 4.78 is 5.85. The van der Waals surface area contributed by atoms with Crippen LogP contribution < -0.4 is 8.92 Å². The molecule has 1 heterocycles. The topological polar surface area (TPSA) is 3.24 Å². The second-order valence-electron chi connectivity index (χ2n) is 2.69. The molecule has 0 radical (unpaired) electrons. The molecule has 0 aromatic heterocycles. The van der Waals surface area contributed by atoms with Crippen LogP contribution in [0.4, 0.5) is 0 Å². The second-order valence-corrected chi connectivity index (χ2v) is 8.32. The first kappa shape index (κ1) is 8.80. The van der Waals surface area contributed by atoms with Gasteiger partial charge in [0.1, 0.15) is 0 Å². The number of benzene rings is 1. The number of hydrogen-bond donors (Lipinski definition) is 0. The molecule has 0 fully saturated rings.